The minimum atomic E-state index is -4.20. The van der Waals surface area contributed by atoms with E-state index in [0.29, 0.717) is 43.9 Å². The van der Waals surface area contributed by atoms with Gasteiger partial charge in [0.15, 0.2) is 0 Å². The Morgan fingerprint density at radius 3 is 2.34 bits per heavy atom. The fourth-order valence-corrected chi connectivity index (χ4v) is 4.72. The van der Waals surface area contributed by atoms with Gasteiger partial charge in [-0.05, 0) is 53.3 Å². The van der Waals surface area contributed by atoms with Gasteiger partial charge in [-0.2, -0.15) is 13.2 Å². The van der Waals surface area contributed by atoms with E-state index in [9.17, 15) is 18.0 Å². The van der Waals surface area contributed by atoms with Crippen molar-refractivity contribution >= 4 is 16.7 Å². The minimum absolute atomic E-state index is 0.0411. The van der Waals surface area contributed by atoms with Crippen LogP contribution in [0.2, 0.25) is 0 Å². The predicted molar refractivity (Wildman–Crippen MR) is 128 cm³/mol. The third-order valence-corrected chi connectivity index (χ3v) is 6.33. The molecule has 0 spiro atoms. The van der Waals surface area contributed by atoms with Crippen LogP contribution in [0.15, 0.2) is 54.6 Å². The van der Waals surface area contributed by atoms with Gasteiger partial charge < -0.3 is 14.6 Å². The lowest BCUT2D eigenvalue weighted by Gasteiger charge is -2.33. The third-order valence-electron chi connectivity index (χ3n) is 6.33. The maximum absolute atomic E-state index is 12.7. The molecule has 4 rings (SSSR count). The summed E-state index contributed by atoms with van der Waals surface area (Å²) in [7, 11) is 1.58. The first-order chi connectivity index (χ1) is 16.7. The van der Waals surface area contributed by atoms with Gasteiger partial charge in [-0.15, -0.1) is 0 Å². The number of alkyl halides is 3. The summed E-state index contributed by atoms with van der Waals surface area (Å²) in [6.45, 7) is -0.250. The Morgan fingerprint density at radius 1 is 1.00 bits per heavy atom. The maximum Gasteiger partial charge on any atom is 0.401 e. The first-order valence-corrected chi connectivity index (χ1v) is 11.6. The second kappa shape index (κ2) is 10.6. The van der Waals surface area contributed by atoms with Gasteiger partial charge in [0.1, 0.15) is 17.6 Å². The molecule has 1 saturated heterocycles. The fraction of sp³-hybridized carbons (Fsp3) is 0.370. The standard InChI is InChI=1S/C27H28F3NO4/c1-34-23-9-4-10-24(35-19-13-15-31(16-14-19)17-27(28,29)30)26(23)22-8-3-6-20-18(11-12-25(32)33)5-2-7-21(20)22/h2-10,19H,11-17H2,1H3,(H,32,33). The second-order valence-corrected chi connectivity index (χ2v) is 8.75. The molecule has 0 bridgehead atoms. The Bertz CT molecular complexity index is 1190. The summed E-state index contributed by atoms with van der Waals surface area (Å²) in [5.41, 5.74) is 2.61. The van der Waals surface area contributed by atoms with Crippen LogP contribution in [0.1, 0.15) is 24.8 Å². The average Bonchev–Trinajstić information content (AvgIpc) is 2.82. The van der Waals surface area contributed by atoms with Crippen molar-refractivity contribution in [1.82, 2.24) is 4.90 Å². The van der Waals surface area contributed by atoms with Crippen LogP contribution in [0.3, 0.4) is 0 Å². The lowest BCUT2D eigenvalue weighted by atomic mass is 9.93. The zero-order valence-electron chi connectivity index (χ0n) is 19.5. The number of fused-ring (bicyclic) bond motifs is 1. The van der Waals surface area contributed by atoms with E-state index in [1.54, 1.807) is 7.11 Å². The number of nitrogens with zero attached hydrogens (tertiary/aromatic N) is 1. The third kappa shape index (κ3) is 6.06. The average molecular weight is 488 g/mol. The molecular formula is C27H28F3NO4. The minimum Gasteiger partial charge on any atom is -0.496 e. The van der Waals surface area contributed by atoms with Gasteiger partial charge in [-0.25, -0.2) is 0 Å². The van der Waals surface area contributed by atoms with Crippen molar-refractivity contribution in [2.75, 3.05) is 26.7 Å². The van der Waals surface area contributed by atoms with Gasteiger partial charge in [0.25, 0.3) is 0 Å². The number of rotatable bonds is 8. The van der Waals surface area contributed by atoms with E-state index in [1.165, 1.54) is 4.90 Å². The number of hydrogen-bond acceptors (Lipinski definition) is 4. The van der Waals surface area contributed by atoms with Crippen molar-refractivity contribution in [2.24, 2.45) is 0 Å². The van der Waals surface area contributed by atoms with Crippen molar-refractivity contribution in [3.63, 3.8) is 0 Å². The molecule has 0 atom stereocenters. The number of ether oxygens (including phenoxy) is 2. The van der Waals surface area contributed by atoms with Gasteiger partial charge in [0.2, 0.25) is 0 Å². The molecule has 0 amide bonds. The molecule has 1 N–H and O–H groups in total. The van der Waals surface area contributed by atoms with E-state index in [-0.39, 0.29) is 12.5 Å². The van der Waals surface area contributed by atoms with Crippen LogP contribution >= 0.6 is 0 Å². The number of methoxy groups -OCH3 is 1. The smallest absolute Gasteiger partial charge is 0.401 e. The molecule has 1 aliphatic heterocycles. The lowest BCUT2D eigenvalue weighted by Crippen LogP contribution is -2.42. The number of piperidine rings is 1. The van der Waals surface area contributed by atoms with Crippen molar-refractivity contribution in [2.45, 2.75) is 38.0 Å². The highest BCUT2D eigenvalue weighted by Crippen LogP contribution is 2.43. The van der Waals surface area contributed by atoms with Crippen molar-refractivity contribution in [3.05, 3.63) is 60.2 Å². The van der Waals surface area contributed by atoms with Gasteiger partial charge in [0, 0.05) is 19.5 Å². The van der Waals surface area contributed by atoms with E-state index in [4.69, 9.17) is 14.6 Å². The Balaban J connectivity index is 1.65. The van der Waals surface area contributed by atoms with Gasteiger partial charge in [-0.1, -0.05) is 42.5 Å². The summed E-state index contributed by atoms with van der Waals surface area (Å²) in [5.74, 6) is 0.391. The molecular weight excluding hydrogens is 459 g/mol. The molecule has 0 aliphatic carbocycles. The molecule has 0 saturated carbocycles. The fourth-order valence-electron chi connectivity index (χ4n) is 4.72. The molecule has 8 heteroatoms. The van der Waals surface area contributed by atoms with Crippen LogP contribution in [0, 0.1) is 0 Å². The Hall–Kier alpha value is -3.26. The Kier molecular flexibility index (Phi) is 7.50. The first kappa shape index (κ1) is 24.9. The summed E-state index contributed by atoms with van der Waals surface area (Å²) in [6, 6.07) is 17.2. The van der Waals surface area contributed by atoms with Crippen LogP contribution in [0.4, 0.5) is 13.2 Å². The highest BCUT2D eigenvalue weighted by molar-refractivity contribution is 6.01. The highest BCUT2D eigenvalue weighted by atomic mass is 19.4. The monoisotopic (exact) mass is 487 g/mol. The summed E-state index contributed by atoms with van der Waals surface area (Å²) in [6.07, 6.45) is -2.94. The van der Waals surface area contributed by atoms with Gasteiger partial charge in [-0.3, -0.25) is 9.69 Å². The Labute approximate surface area is 202 Å². The number of hydrogen-bond donors (Lipinski definition) is 1. The molecule has 0 radical (unpaired) electrons. The van der Waals surface area contributed by atoms with E-state index < -0.39 is 18.7 Å². The number of aliphatic carboxylic acids is 1. The number of likely N-dealkylation sites (tertiary alicyclic amines) is 1. The number of benzene rings is 3. The van der Waals surface area contributed by atoms with Crippen LogP contribution < -0.4 is 9.47 Å². The summed E-state index contributed by atoms with van der Waals surface area (Å²) in [5, 5.41) is 11.0. The maximum atomic E-state index is 12.7. The molecule has 0 unspecified atom stereocenters. The lowest BCUT2D eigenvalue weighted by molar-refractivity contribution is -0.149. The van der Waals surface area contributed by atoms with Crippen LogP contribution in [-0.2, 0) is 11.2 Å². The molecule has 1 aliphatic rings. The number of aryl methyl sites for hydroxylation is 1. The number of carboxylic acids is 1. The molecule has 3 aromatic carbocycles. The molecule has 5 nitrogen and oxygen atoms in total. The second-order valence-electron chi connectivity index (χ2n) is 8.75. The van der Waals surface area contributed by atoms with Crippen molar-refractivity contribution in [3.8, 4) is 22.6 Å². The van der Waals surface area contributed by atoms with Gasteiger partial charge >= 0.3 is 12.1 Å². The molecule has 186 valence electrons. The predicted octanol–water partition coefficient (Wildman–Crippen LogP) is 5.94. The highest BCUT2D eigenvalue weighted by Gasteiger charge is 2.33. The summed E-state index contributed by atoms with van der Waals surface area (Å²) in [4.78, 5) is 12.5. The van der Waals surface area contributed by atoms with Crippen LogP contribution in [0.25, 0.3) is 21.9 Å². The SMILES string of the molecule is COc1cccc(OC2CCN(CC(F)(F)F)CC2)c1-c1cccc2c(CCC(=O)O)cccc12. The van der Waals surface area contributed by atoms with Crippen LogP contribution in [-0.4, -0.2) is 55.0 Å². The number of carboxylic acid groups (broad SMARTS) is 1. The van der Waals surface area contributed by atoms with Crippen LogP contribution in [0.5, 0.6) is 11.5 Å². The molecule has 0 aromatic heterocycles. The van der Waals surface area contributed by atoms with Crippen molar-refractivity contribution in [1.29, 1.82) is 0 Å². The van der Waals surface area contributed by atoms with Gasteiger partial charge in [0.05, 0.1) is 19.2 Å². The molecule has 1 fully saturated rings. The number of halogens is 3. The van der Waals surface area contributed by atoms with E-state index in [0.717, 1.165) is 27.5 Å². The normalized spacial score (nSPS) is 15.3. The zero-order valence-corrected chi connectivity index (χ0v) is 19.5. The molecule has 3 aromatic rings. The molecule has 1 heterocycles. The summed E-state index contributed by atoms with van der Waals surface area (Å²) >= 11 is 0. The first-order valence-electron chi connectivity index (χ1n) is 11.6. The van der Waals surface area contributed by atoms with E-state index in [1.807, 2.05) is 54.6 Å². The van der Waals surface area contributed by atoms with E-state index in [2.05, 4.69) is 0 Å². The largest absolute Gasteiger partial charge is 0.496 e. The summed E-state index contributed by atoms with van der Waals surface area (Å²) < 4.78 is 50.2. The Morgan fingerprint density at radius 2 is 1.66 bits per heavy atom. The van der Waals surface area contributed by atoms with Crippen molar-refractivity contribution < 1.29 is 32.5 Å². The quantitative estimate of drug-likeness (QED) is 0.426. The van der Waals surface area contributed by atoms with E-state index >= 15 is 0 Å². The zero-order chi connectivity index (χ0) is 25.0. The topological polar surface area (TPSA) is 59.0 Å². The molecule has 35 heavy (non-hydrogen) atoms. The number of carbonyl (C=O) groups is 1.